The van der Waals surface area contributed by atoms with Crippen LogP contribution in [-0.4, -0.2) is 16.9 Å². The van der Waals surface area contributed by atoms with E-state index >= 15 is 0 Å². The predicted octanol–water partition coefficient (Wildman–Crippen LogP) is 4.00. The van der Waals surface area contributed by atoms with E-state index in [1.807, 2.05) is 11.8 Å². The highest BCUT2D eigenvalue weighted by atomic mass is 32.2. The molecular formula is C14H22OS. The molecule has 0 aromatic rings. The smallest absolute Gasteiger partial charge is 0.124 e. The van der Waals surface area contributed by atoms with Crippen LogP contribution in [0.3, 0.4) is 0 Å². The SMILES string of the molecule is O=C=C1CCCCC1SCC1CCCCC1. The van der Waals surface area contributed by atoms with Crippen molar-refractivity contribution in [2.45, 2.75) is 63.0 Å². The molecule has 2 rings (SSSR count). The van der Waals surface area contributed by atoms with Gasteiger partial charge in [0.05, 0.1) is 0 Å². The van der Waals surface area contributed by atoms with Gasteiger partial charge in [0, 0.05) is 10.8 Å². The lowest BCUT2D eigenvalue weighted by Crippen LogP contribution is -2.17. The van der Waals surface area contributed by atoms with E-state index in [0.717, 1.165) is 17.9 Å². The summed E-state index contributed by atoms with van der Waals surface area (Å²) in [6.45, 7) is 0. The van der Waals surface area contributed by atoms with E-state index in [1.54, 1.807) is 0 Å². The van der Waals surface area contributed by atoms with Crippen LogP contribution in [0.2, 0.25) is 0 Å². The highest BCUT2D eigenvalue weighted by molar-refractivity contribution is 8.00. The summed E-state index contributed by atoms with van der Waals surface area (Å²) < 4.78 is 0. The molecule has 0 aromatic heterocycles. The third-order valence-electron chi connectivity index (χ3n) is 3.94. The molecule has 0 aromatic carbocycles. The van der Waals surface area contributed by atoms with E-state index in [0.29, 0.717) is 5.25 Å². The lowest BCUT2D eigenvalue weighted by atomic mass is 9.91. The Morgan fingerprint density at radius 3 is 2.56 bits per heavy atom. The van der Waals surface area contributed by atoms with Gasteiger partial charge in [-0.2, -0.15) is 11.8 Å². The van der Waals surface area contributed by atoms with Crippen molar-refractivity contribution in [3.05, 3.63) is 5.57 Å². The molecule has 0 heterocycles. The van der Waals surface area contributed by atoms with Crippen molar-refractivity contribution in [2.75, 3.05) is 5.75 Å². The Bertz CT molecular complexity index is 262. The van der Waals surface area contributed by atoms with Crippen molar-refractivity contribution in [3.8, 4) is 0 Å². The van der Waals surface area contributed by atoms with Gasteiger partial charge in [0.15, 0.2) is 0 Å². The van der Waals surface area contributed by atoms with Crippen LogP contribution in [0.4, 0.5) is 0 Å². The number of thioether (sulfide) groups is 1. The summed E-state index contributed by atoms with van der Waals surface area (Å²) in [4.78, 5) is 10.8. The highest BCUT2D eigenvalue weighted by Gasteiger charge is 2.22. The topological polar surface area (TPSA) is 17.1 Å². The largest absolute Gasteiger partial charge is 0.234 e. The Balaban J connectivity index is 1.77. The van der Waals surface area contributed by atoms with Gasteiger partial charge in [-0.25, -0.2) is 4.79 Å². The Morgan fingerprint density at radius 1 is 1.06 bits per heavy atom. The third kappa shape index (κ3) is 3.40. The van der Waals surface area contributed by atoms with E-state index in [2.05, 4.69) is 5.94 Å². The van der Waals surface area contributed by atoms with Gasteiger partial charge >= 0.3 is 0 Å². The number of carbonyl (C=O) groups excluding carboxylic acids is 1. The summed E-state index contributed by atoms with van der Waals surface area (Å²) >= 11 is 2.04. The third-order valence-corrected chi connectivity index (χ3v) is 5.53. The van der Waals surface area contributed by atoms with Crippen molar-refractivity contribution in [1.29, 1.82) is 0 Å². The fraction of sp³-hybridized carbons (Fsp3) is 0.857. The second kappa shape index (κ2) is 6.51. The molecule has 0 aliphatic heterocycles. The van der Waals surface area contributed by atoms with Gasteiger partial charge in [0.2, 0.25) is 0 Å². The second-order valence-electron chi connectivity index (χ2n) is 5.20. The molecule has 1 atom stereocenters. The lowest BCUT2D eigenvalue weighted by Gasteiger charge is -2.26. The molecule has 2 fully saturated rings. The molecule has 0 saturated heterocycles. The Labute approximate surface area is 103 Å². The van der Waals surface area contributed by atoms with Gasteiger partial charge in [0.25, 0.3) is 0 Å². The number of hydrogen-bond donors (Lipinski definition) is 0. The molecule has 1 nitrogen and oxygen atoms in total. The Morgan fingerprint density at radius 2 is 1.81 bits per heavy atom. The molecule has 0 spiro atoms. The maximum absolute atomic E-state index is 10.8. The molecule has 0 N–H and O–H groups in total. The molecule has 0 bridgehead atoms. The molecule has 16 heavy (non-hydrogen) atoms. The fourth-order valence-corrected chi connectivity index (χ4v) is 4.43. The van der Waals surface area contributed by atoms with Gasteiger partial charge in [-0.05, 0) is 43.8 Å². The Kier molecular flexibility index (Phi) is 4.99. The second-order valence-corrected chi connectivity index (χ2v) is 6.43. The lowest BCUT2D eigenvalue weighted by molar-refractivity contribution is 0.390. The molecule has 2 aliphatic carbocycles. The fourth-order valence-electron chi connectivity index (χ4n) is 2.89. The minimum atomic E-state index is 0.508. The van der Waals surface area contributed by atoms with Crippen molar-refractivity contribution < 1.29 is 4.79 Å². The van der Waals surface area contributed by atoms with Crippen LogP contribution in [0.25, 0.3) is 0 Å². The monoisotopic (exact) mass is 238 g/mol. The van der Waals surface area contributed by atoms with E-state index in [4.69, 9.17) is 0 Å². The van der Waals surface area contributed by atoms with Crippen molar-refractivity contribution in [1.82, 2.24) is 0 Å². The summed E-state index contributed by atoms with van der Waals surface area (Å²) in [6.07, 6.45) is 11.8. The van der Waals surface area contributed by atoms with E-state index in [9.17, 15) is 4.79 Å². The minimum absolute atomic E-state index is 0.508. The molecule has 2 saturated carbocycles. The molecule has 0 amide bonds. The zero-order valence-electron chi connectivity index (χ0n) is 10.0. The van der Waals surface area contributed by atoms with Gasteiger partial charge < -0.3 is 0 Å². The first-order chi connectivity index (χ1) is 7.90. The van der Waals surface area contributed by atoms with Crippen LogP contribution >= 0.6 is 11.8 Å². The summed E-state index contributed by atoms with van der Waals surface area (Å²) in [5.74, 6) is 4.39. The van der Waals surface area contributed by atoms with Gasteiger partial charge in [-0.15, -0.1) is 0 Å². The first kappa shape index (κ1) is 12.3. The van der Waals surface area contributed by atoms with Gasteiger partial charge in [0.1, 0.15) is 5.94 Å². The zero-order valence-corrected chi connectivity index (χ0v) is 10.9. The summed E-state index contributed by atoms with van der Waals surface area (Å²) in [6, 6.07) is 0. The minimum Gasteiger partial charge on any atom is -0.234 e. The standard InChI is InChI=1S/C14H22OS/c15-10-13-8-4-5-9-14(13)16-11-12-6-2-1-3-7-12/h12,14H,1-9,11H2. The van der Waals surface area contributed by atoms with Crippen molar-refractivity contribution >= 4 is 17.7 Å². The van der Waals surface area contributed by atoms with E-state index in [1.165, 1.54) is 57.1 Å². The van der Waals surface area contributed by atoms with E-state index < -0.39 is 0 Å². The van der Waals surface area contributed by atoms with Crippen LogP contribution in [0.1, 0.15) is 57.8 Å². The number of rotatable bonds is 3. The van der Waals surface area contributed by atoms with Crippen molar-refractivity contribution in [2.24, 2.45) is 5.92 Å². The first-order valence-corrected chi connectivity index (χ1v) is 7.80. The van der Waals surface area contributed by atoms with Crippen molar-refractivity contribution in [3.63, 3.8) is 0 Å². The summed E-state index contributed by atoms with van der Waals surface area (Å²) in [7, 11) is 0. The molecule has 1 unspecified atom stereocenters. The van der Waals surface area contributed by atoms with Crippen LogP contribution in [0.15, 0.2) is 5.57 Å². The average molecular weight is 238 g/mol. The highest BCUT2D eigenvalue weighted by Crippen LogP contribution is 2.35. The average Bonchev–Trinajstić information content (AvgIpc) is 2.38. The Hall–Kier alpha value is -0.200. The molecule has 90 valence electrons. The van der Waals surface area contributed by atoms with Crippen LogP contribution in [-0.2, 0) is 4.79 Å². The summed E-state index contributed by atoms with van der Waals surface area (Å²) in [5.41, 5.74) is 1.06. The quantitative estimate of drug-likeness (QED) is 0.691. The summed E-state index contributed by atoms with van der Waals surface area (Å²) in [5, 5.41) is 0.508. The van der Waals surface area contributed by atoms with Gasteiger partial charge in [-0.3, -0.25) is 0 Å². The van der Waals surface area contributed by atoms with Crippen LogP contribution < -0.4 is 0 Å². The van der Waals surface area contributed by atoms with Crippen LogP contribution in [0.5, 0.6) is 0 Å². The predicted molar refractivity (Wildman–Crippen MR) is 70.5 cm³/mol. The number of hydrogen-bond acceptors (Lipinski definition) is 2. The van der Waals surface area contributed by atoms with Gasteiger partial charge in [-0.1, -0.05) is 25.7 Å². The zero-order chi connectivity index (χ0) is 11.2. The maximum atomic E-state index is 10.8. The maximum Gasteiger partial charge on any atom is 0.124 e. The molecular weight excluding hydrogens is 216 g/mol. The molecule has 0 radical (unpaired) electrons. The van der Waals surface area contributed by atoms with E-state index in [-0.39, 0.29) is 0 Å². The normalized spacial score (nSPS) is 27.8. The molecule has 2 aliphatic rings. The molecule has 2 heteroatoms. The first-order valence-electron chi connectivity index (χ1n) is 6.75. The van der Waals surface area contributed by atoms with Crippen LogP contribution in [0, 0.1) is 5.92 Å².